The molecule has 0 bridgehead atoms. The minimum absolute atomic E-state index is 0.0741. The van der Waals surface area contributed by atoms with Crippen molar-refractivity contribution in [2.45, 2.75) is 19.1 Å². The molecule has 0 aliphatic heterocycles. The highest BCUT2D eigenvalue weighted by Gasteiger charge is 2.40. The van der Waals surface area contributed by atoms with Crippen molar-refractivity contribution in [3.63, 3.8) is 0 Å². The van der Waals surface area contributed by atoms with Crippen molar-refractivity contribution < 1.29 is 13.6 Å². The molecule has 1 heterocycles. The van der Waals surface area contributed by atoms with Crippen LogP contribution in [0.3, 0.4) is 0 Å². The van der Waals surface area contributed by atoms with E-state index in [1.54, 1.807) is 0 Å². The van der Waals surface area contributed by atoms with Gasteiger partial charge in [-0.15, -0.1) is 0 Å². The number of allylic oxidation sites excluding steroid dienone is 4. The van der Waals surface area contributed by atoms with Gasteiger partial charge in [0.2, 0.25) is 0 Å². The first kappa shape index (κ1) is 10.7. The van der Waals surface area contributed by atoms with Gasteiger partial charge < -0.3 is 0 Å². The third-order valence-electron chi connectivity index (χ3n) is 2.36. The predicted octanol–water partition coefficient (Wildman–Crippen LogP) is 1.67. The van der Waals surface area contributed by atoms with Crippen molar-refractivity contribution in [1.29, 1.82) is 0 Å². The van der Waals surface area contributed by atoms with Gasteiger partial charge in [0.05, 0.1) is 5.57 Å². The first-order chi connectivity index (χ1) is 7.54. The zero-order valence-electron chi connectivity index (χ0n) is 8.52. The largest absolute Gasteiger partial charge is 0.295 e. The predicted molar refractivity (Wildman–Crippen MR) is 51.7 cm³/mol. The molecule has 0 radical (unpaired) electrons. The van der Waals surface area contributed by atoms with E-state index in [0.717, 1.165) is 23.4 Å². The topological polar surface area (TPSA) is 47.8 Å². The normalized spacial score (nSPS) is 24.9. The van der Waals surface area contributed by atoms with Crippen LogP contribution < -0.4 is 0 Å². The molecule has 84 valence electrons. The molecule has 2 rings (SSSR count). The Labute approximate surface area is 90.3 Å². The average Bonchev–Trinajstić information content (AvgIpc) is 2.69. The maximum absolute atomic E-state index is 14.6. The van der Waals surface area contributed by atoms with Gasteiger partial charge in [0.1, 0.15) is 18.5 Å². The van der Waals surface area contributed by atoms with Gasteiger partial charge in [0.15, 0.2) is 5.78 Å². The van der Waals surface area contributed by atoms with Crippen LogP contribution in [0.4, 0.5) is 8.78 Å². The Hall–Kier alpha value is -1.85. The van der Waals surface area contributed by atoms with Crippen molar-refractivity contribution in [2.75, 3.05) is 0 Å². The van der Waals surface area contributed by atoms with E-state index in [0.29, 0.717) is 0 Å². The Kier molecular flexibility index (Phi) is 2.41. The number of hydrogen-bond acceptors (Lipinski definition) is 3. The van der Waals surface area contributed by atoms with E-state index in [4.69, 9.17) is 0 Å². The number of aromatic nitrogens is 3. The lowest BCUT2D eigenvalue weighted by Gasteiger charge is -2.26. The summed E-state index contributed by atoms with van der Waals surface area (Å²) in [5.41, 5.74) is -0.126. The summed E-state index contributed by atoms with van der Waals surface area (Å²) in [7, 11) is 0. The Morgan fingerprint density at radius 2 is 2.38 bits per heavy atom. The Morgan fingerprint density at radius 1 is 1.62 bits per heavy atom. The summed E-state index contributed by atoms with van der Waals surface area (Å²) in [5.74, 6) is -3.46. The van der Waals surface area contributed by atoms with Crippen LogP contribution >= 0.6 is 0 Å². The zero-order chi connectivity index (χ0) is 11.8. The summed E-state index contributed by atoms with van der Waals surface area (Å²) < 4.78 is 28.5. The summed E-state index contributed by atoms with van der Waals surface area (Å²) in [6, 6.07) is 0. The van der Waals surface area contributed by atoms with Crippen LogP contribution in [0.25, 0.3) is 0 Å². The van der Waals surface area contributed by atoms with Crippen LogP contribution in [0.5, 0.6) is 0 Å². The Morgan fingerprint density at radius 3 is 2.94 bits per heavy atom. The van der Waals surface area contributed by atoms with Crippen LogP contribution in [0.15, 0.2) is 36.2 Å². The molecule has 0 amide bonds. The van der Waals surface area contributed by atoms with Crippen molar-refractivity contribution in [1.82, 2.24) is 14.8 Å². The molecule has 1 atom stereocenters. The maximum Gasteiger partial charge on any atom is 0.253 e. The molecule has 0 saturated carbocycles. The highest BCUT2D eigenvalue weighted by molar-refractivity contribution is 5.95. The number of halogens is 2. The minimum Gasteiger partial charge on any atom is -0.295 e. The average molecular weight is 225 g/mol. The standard InChI is InChI=1S/C10H9F2N3O/c1-7(16)9-3-2-8(11)4-10(9,12)15-6-13-5-14-15/h3-6H,2H2,1H3/t10-/m0/s1. The lowest BCUT2D eigenvalue weighted by atomic mass is 9.94. The van der Waals surface area contributed by atoms with Crippen molar-refractivity contribution in [3.8, 4) is 0 Å². The van der Waals surface area contributed by atoms with E-state index in [9.17, 15) is 13.6 Å². The summed E-state index contributed by atoms with van der Waals surface area (Å²) in [6.07, 6.45) is 4.14. The number of rotatable bonds is 2. The summed E-state index contributed by atoms with van der Waals surface area (Å²) >= 11 is 0. The highest BCUT2D eigenvalue weighted by atomic mass is 19.2. The first-order valence-electron chi connectivity index (χ1n) is 4.67. The number of alkyl halides is 1. The second kappa shape index (κ2) is 3.62. The van der Waals surface area contributed by atoms with Gasteiger partial charge in [-0.1, -0.05) is 6.08 Å². The van der Waals surface area contributed by atoms with Gasteiger partial charge in [-0.3, -0.25) is 4.79 Å². The van der Waals surface area contributed by atoms with E-state index in [2.05, 4.69) is 10.1 Å². The van der Waals surface area contributed by atoms with Gasteiger partial charge in [0.25, 0.3) is 5.79 Å². The van der Waals surface area contributed by atoms with Gasteiger partial charge >= 0.3 is 0 Å². The SMILES string of the molecule is CC(=O)C1=CCC(F)=C[C@]1(F)n1cncn1. The molecule has 6 heteroatoms. The maximum atomic E-state index is 14.6. The fourth-order valence-electron chi connectivity index (χ4n) is 1.64. The molecular formula is C10H9F2N3O. The first-order valence-corrected chi connectivity index (χ1v) is 4.67. The van der Waals surface area contributed by atoms with Gasteiger partial charge in [-0.2, -0.15) is 5.10 Å². The van der Waals surface area contributed by atoms with E-state index in [1.807, 2.05) is 0 Å². The summed E-state index contributed by atoms with van der Waals surface area (Å²) in [4.78, 5) is 14.9. The monoisotopic (exact) mass is 225 g/mol. The van der Waals surface area contributed by atoms with Crippen molar-refractivity contribution in [2.24, 2.45) is 0 Å². The molecule has 0 aromatic carbocycles. The quantitative estimate of drug-likeness (QED) is 0.769. The molecule has 1 aromatic heterocycles. The van der Waals surface area contributed by atoms with Crippen LogP contribution in [0, 0.1) is 0 Å². The Balaban J connectivity index is 2.53. The smallest absolute Gasteiger partial charge is 0.253 e. The second-order valence-electron chi connectivity index (χ2n) is 3.48. The van der Waals surface area contributed by atoms with Gasteiger partial charge in [0, 0.05) is 12.5 Å². The molecule has 1 aromatic rings. The molecule has 1 aliphatic rings. The number of hydrogen-bond donors (Lipinski definition) is 0. The lowest BCUT2D eigenvalue weighted by molar-refractivity contribution is -0.115. The van der Waals surface area contributed by atoms with Crippen molar-refractivity contribution >= 4 is 5.78 Å². The number of carbonyl (C=O) groups excluding carboxylic acids is 1. The highest BCUT2D eigenvalue weighted by Crippen LogP contribution is 2.35. The molecular weight excluding hydrogens is 216 g/mol. The van der Waals surface area contributed by atoms with E-state index < -0.39 is 17.4 Å². The number of Topliss-reactive ketones (excluding diaryl/α,β-unsaturated/α-hetero) is 1. The number of ketones is 1. The fourth-order valence-corrected chi connectivity index (χ4v) is 1.64. The minimum atomic E-state index is -2.37. The molecule has 1 aliphatic carbocycles. The van der Waals surface area contributed by atoms with Crippen LogP contribution in [-0.2, 0) is 10.6 Å². The van der Waals surface area contributed by atoms with Crippen molar-refractivity contribution in [3.05, 3.63) is 36.2 Å². The molecule has 0 unspecified atom stereocenters. The summed E-state index contributed by atoms with van der Waals surface area (Å²) in [6.45, 7) is 1.23. The molecule has 16 heavy (non-hydrogen) atoms. The molecule has 0 spiro atoms. The van der Waals surface area contributed by atoms with E-state index in [1.165, 1.54) is 13.0 Å². The molecule has 0 N–H and O–H groups in total. The van der Waals surface area contributed by atoms with Crippen LogP contribution in [-0.4, -0.2) is 20.5 Å². The van der Waals surface area contributed by atoms with E-state index >= 15 is 0 Å². The lowest BCUT2D eigenvalue weighted by Crippen LogP contribution is -2.34. The second-order valence-corrected chi connectivity index (χ2v) is 3.48. The number of carbonyl (C=O) groups is 1. The van der Waals surface area contributed by atoms with E-state index in [-0.39, 0.29) is 12.0 Å². The summed E-state index contributed by atoms with van der Waals surface area (Å²) in [5, 5.41) is 3.60. The molecule has 0 fully saturated rings. The fraction of sp³-hybridized carbons (Fsp3) is 0.300. The van der Waals surface area contributed by atoms with Gasteiger partial charge in [-0.05, 0) is 6.92 Å². The third-order valence-corrected chi connectivity index (χ3v) is 2.36. The Bertz CT molecular complexity index is 478. The molecule has 0 saturated heterocycles. The number of nitrogens with zero attached hydrogens (tertiary/aromatic N) is 3. The van der Waals surface area contributed by atoms with Gasteiger partial charge in [-0.25, -0.2) is 18.4 Å². The third kappa shape index (κ3) is 1.56. The van der Waals surface area contributed by atoms with Crippen LogP contribution in [0.1, 0.15) is 13.3 Å². The van der Waals surface area contributed by atoms with Crippen LogP contribution in [0.2, 0.25) is 0 Å². The zero-order valence-corrected chi connectivity index (χ0v) is 8.52. The molecule has 4 nitrogen and oxygen atoms in total.